The van der Waals surface area contributed by atoms with Crippen molar-refractivity contribution < 1.29 is 14.3 Å². The Labute approximate surface area is 141 Å². The molecule has 114 valence electrons. The molecule has 0 aliphatic carbocycles. The summed E-state index contributed by atoms with van der Waals surface area (Å²) in [5.74, 6) is -0.782. The normalized spacial score (nSPS) is 10.1. The van der Waals surface area contributed by atoms with E-state index in [2.05, 4.69) is 21.2 Å². The van der Waals surface area contributed by atoms with Crippen molar-refractivity contribution in [3.8, 4) is 0 Å². The predicted octanol–water partition coefficient (Wildman–Crippen LogP) is 4.07. The first-order chi connectivity index (χ1) is 10.5. The molecule has 0 bridgehead atoms. The van der Waals surface area contributed by atoms with Crippen LogP contribution in [0.25, 0.3) is 0 Å². The third-order valence-electron chi connectivity index (χ3n) is 2.97. The molecule has 0 aliphatic rings. The Balaban J connectivity index is 2.18. The maximum absolute atomic E-state index is 12.1. The number of hydrogen-bond donors (Lipinski definition) is 1. The van der Waals surface area contributed by atoms with Gasteiger partial charge in [-0.25, -0.2) is 4.79 Å². The first-order valence-electron chi connectivity index (χ1n) is 6.42. The van der Waals surface area contributed by atoms with Crippen molar-refractivity contribution in [2.75, 3.05) is 12.4 Å². The van der Waals surface area contributed by atoms with E-state index in [0.717, 1.165) is 10.0 Å². The molecule has 0 saturated heterocycles. The van der Waals surface area contributed by atoms with Crippen molar-refractivity contribution in [2.24, 2.45) is 0 Å². The second kappa shape index (κ2) is 7.42. The van der Waals surface area contributed by atoms with E-state index < -0.39 is 5.97 Å². The van der Waals surface area contributed by atoms with Gasteiger partial charge in [-0.05, 0) is 29.8 Å². The molecule has 4 nitrogen and oxygen atoms in total. The van der Waals surface area contributed by atoms with Crippen LogP contribution in [0.2, 0.25) is 5.02 Å². The largest absolute Gasteiger partial charge is 0.465 e. The molecule has 1 amide bonds. The zero-order chi connectivity index (χ0) is 16.1. The lowest BCUT2D eigenvalue weighted by Crippen LogP contribution is -2.17. The van der Waals surface area contributed by atoms with Gasteiger partial charge in [0.1, 0.15) is 0 Å². The molecule has 2 rings (SSSR count). The summed E-state index contributed by atoms with van der Waals surface area (Å²) in [6.07, 6.45) is 0.121. The number of carbonyl (C=O) groups is 2. The Morgan fingerprint density at radius 2 is 1.95 bits per heavy atom. The summed E-state index contributed by atoms with van der Waals surface area (Å²) in [4.78, 5) is 23.9. The molecule has 0 spiro atoms. The van der Waals surface area contributed by atoms with Crippen LogP contribution in [-0.4, -0.2) is 19.0 Å². The van der Waals surface area contributed by atoms with Crippen LogP contribution in [0.1, 0.15) is 15.9 Å². The zero-order valence-corrected chi connectivity index (χ0v) is 14.1. The summed E-state index contributed by atoms with van der Waals surface area (Å²) >= 11 is 9.32. The first-order valence-corrected chi connectivity index (χ1v) is 7.59. The standard InChI is InChI=1S/C16H13BrClNO3/c1-22-16(21)12-9-11(17)6-7-14(12)19-15(20)8-10-4-2-3-5-13(10)18/h2-7,9H,8H2,1H3,(H,19,20). The van der Waals surface area contributed by atoms with Crippen molar-refractivity contribution >= 4 is 45.1 Å². The van der Waals surface area contributed by atoms with Crippen molar-refractivity contribution in [1.29, 1.82) is 0 Å². The molecule has 2 aromatic carbocycles. The molecule has 0 radical (unpaired) electrons. The third-order valence-corrected chi connectivity index (χ3v) is 3.83. The minimum absolute atomic E-state index is 0.121. The van der Waals surface area contributed by atoms with Gasteiger partial charge in [0.15, 0.2) is 0 Å². The van der Waals surface area contributed by atoms with Gasteiger partial charge in [-0.2, -0.15) is 0 Å². The van der Waals surface area contributed by atoms with Gasteiger partial charge < -0.3 is 10.1 Å². The lowest BCUT2D eigenvalue weighted by molar-refractivity contribution is -0.115. The Kier molecular flexibility index (Phi) is 5.57. The number of esters is 1. The number of amides is 1. The maximum atomic E-state index is 12.1. The van der Waals surface area contributed by atoms with Crippen LogP contribution in [0.4, 0.5) is 5.69 Å². The number of ether oxygens (including phenoxy) is 1. The molecule has 0 saturated carbocycles. The number of methoxy groups -OCH3 is 1. The molecule has 0 heterocycles. The second-order valence-electron chi connectivity index (χ2n) is 4.50. The second-order valence-corrected chi connectivity index (χ2v) is 5.82. The Morgan fingerprint density at radius 3 is 2.64 bits per heavy atom. The van der Waals surface area contributed by atoms with Gasteiger partial charge in [0.25, 0.3) is 0 Å². The predicted molar refractivity (Wildman–Crippen MR) is 89.3 cm³/mol. The minimum atomic E-state index is -0.519. The van der Waals surface area contributed by atoms with Crippen molar-refractivity contribution in [2.45, 2.75) is 6.42 Å². The van der Waals surface area contributed by atoms with Gasteiger partial charge in [0.05, 0.1) is 24.8 Å². The van der Waals surface area contributed by atoms with Crippen LogP contribution >= 0.6 is 27.5 Å². The molecule has 0 unspecified atom stereocenters. The summed E-state index contributed by atoms with van der Waals surface area (Å²) in [6.45, 7) is 0. The lowest BCUT2D eigenvalue weighted by atomic mass is 10.1. The number of nitrogens with one attached hydrogen (secondary N) is 1. The number of benzene rings is 2. The Bertz CT molecular complexity index is 718. The molecular weight excluding hydrogens is 370 g/mol. The quantitative estimate of drug-likeness (QED) is 0.811. The topological polar surface area (TPSA) is 55.4 Å². The molecule has 22 heavy (non-hydrogen) atoms. The number of carbonyl (C=O) groups excluding carboxylic acids is 2. The van der Waals surface area contributed by atoms with E-state index in [0.29, 0.717) is 10.7 Å². The van der Waals surface area contributed by atoms with E-state index in [9.17, 15) is 9.59 Å². The number of anilines is 1. The average molecular weight is 383 g/mol. The molecular formula is C16H13BrClNO3. The highest BCUT2D eigenvalue weighted by atomic mass is 79.9. The van der Waals surface area contributed by atoms with Crippen molar-refractivity contribution in [3.05, 3.63) is 63.1 Å². The van der Waals surface area contributed by atoms with E-state index in [1.165, 1.54) is 7.11 Å². The van der Waals surface area contributed by atoms with E-state index in [4.69, 9.17) is 16.3 Å². The number of hydrogen-bond acceptors (Lipinski definition) is 3. The third kappa shape index (κ3) is 4.08. The average Bonchev–Trinajstić information content (AvgIpc) is 2.50. The molecule has 0 aromatic heterocycles. The summed E-state index contributed by atoms with van der Waals surface area (Å²) in [5.41, 5.74) is 1.40. The SMILES string of the molecule is COC(=O)c1cc(Br)ccc1NC(=O)Cc1ccccc1Cl. The Hall–Kier alpha value is -1.85. The van der Waals surface area contributed by atoms with Crippen LogP contribution in [0.15, 0.2) is 46.9 Å². The Morgan fingerprint density at radius 1 is 1.23 bits per heavy atom. The molecule has 1 N–H and O–H groups in total. The monoisotopic (exact) mass is 381 g/mol. The molecule has 6 heteroatoms. The van der Waals surface area contributed by atoms with E-state index >= 15 is 0 Å². The molecule has 0 fully saturated rings. The zero-order valence-electron chi connectivity index (χ0n) is 11.7. The molecule has 2 aromatic rings. The maximum Gasteiger partial charge on any atom is 0.340 e. The smallest absolute Gasteiger partial charge is 0.340 e. The lowest BCUT2D eigenvalue weighted by Gasteiger charge is -2.11. The summed E-state index contributed by atoms with van der Waals surface area (Å²) in [5, 5.41) is 3.24. The fraction of sp³-hybridized carbons (Fsp3) is 0.125. The fourth-order valence-corrected chi connectivity index (χ4v) is 2.48. The highest BCUT2D eigenvalue weighted by Crippen LogP contribution is 2.23. The van der Waals surface area contributed by atoms with Crippen LogP contribution < -0.4 is 5.32 Å². The number of halogens is 2. The van der Waals surface area contributed by atoms with E-state index in [-0.39, 0.29) is 17.9 Å². The van der Waals surface area contributed by atoms with Crippen LogP contribution in [-0.2, 0) is 16.0 Å². The molecule has 0 aliphatic heterocycles. The van der Waals surface area contributed by atoms with E-state index in [1.807, 2.05) is 6.07 Å². The molecule has 0 atom stereocenters. The highest BCUT2D eigenvalue weighted by Gasteiger charge is 2.15. The van der Waals surface area contributed by atoms with Gasteiger partial charge in [-0.1, -0.05) is 45.7 Å². The van der Waals surface area contributed by atoms with Crippen LogP contribution in [0.5, 0.6) is 0 Å². The first kappa shape index (κ1) is 16.5. The highest BCUT2D eigenvalue weighted by molar-refractivity contribution is 9.10. The summed E-state index contributed by atoms with van der Waals surface area (Å²) in [7, 11) is 1.29. The van der Waals surface area contributed by atoms with Crippen molar-refractivity contribution in [1.82, 2.24) is 0 Å². The van der Waals surface area contributed by atoms with Gasteiger partial charge in [0, 0.05) is 9.50 Å². The van der Waals surface area contributed by atoms with Crippen LogP contribution in [0.3, 0.4) is 0 Å². The van der Waals surface area contributed by atoms with Gasteiger partial charge in [-0.15, -0.1) is 0 Å². The number of rotatable bonds is 4. The van der Waals surface area contributed by atoms with Gasteiger partial charge in [-0.3, -0.25) is 4.79 Å². The minimum Gasteiger partial charge on any atom is -0.465 e. The summed E-state index contributed by atoms with van der Waals surface area (Å²) < 4.78 is 5.44. The van der Waals surface area contributed by atoms with Gasteiger partial charge in [0.2, 0.25) is 5.91 Å². The summed E-state index contributed by atoms with van der Waals surface area (Å²) in [6, 6.07) is 12.1. The fourth-order valence-electron chi connectivity index (χ4n) is 1.91. The van der Waals surface area contributed by atoms with Gasteiger partial charge >= 0.3 is 5.97 Å². The van der Waals surface area contributed by atoms with E-state index in [1.54, 1.807) is 36.4 Å². The van der Waals surface area contributed by atoms with Crippen LogP contribution in [0, 0.1) is 0 Å². The van der Waals surface area contributed by atoms with Crippen molar-refractivity contribution in [3.63, 3.8) is 0 Å².